The third-order valence-corrected chi connectivity index (χ3v) is 2.53. The average Bonchev–Trinajstić information content (AvgIpc) is 2.76. The van der Waals surface area contributed by atoms with Gasteiger partial charge in [0.1, 0.15) is 5.69 Å². The standard InChI is InChI=1S/C12H16N4O/c1-4-9(13)12-15-11(16-17-12)10-6-7(2)5-8(3)14-10/h5-6,9H,4,13H2,1-3H3. The third kappa shape index (κ3) is 2.50. The minimum Gasteiger partial charge on any atom is -0.337 e. The van der Waals surface area contributed by atoms with E-state index >= 15 is 0 Å². The maximum Gasteiger partial charge on any atom is 0.243 e. The highest BCUT2D eigenvalue weighted by atomic mass is 16.5. The van der Waals surface area contributed by atoms with Crippen LogP contribution in [0.5, 0.6) is 0 Å². The lowest BCUT2D eigenvalue weighted by molar-refractivity contribution is 0.352. The summed E-state index contributed by atoms with van der Waals surface area (Å²) in [5, 5.41) is 3.91. The number of aromatic nitrogens is 3. The van der Waals surface area contributed by atoms with Crippen LogP contribution in [0.4, 0.5) is 0 Å². The molecular formula is C12H16N4O. The van der Waals surface area contributed by atoms with Crippen LogP contribution >= 0.6 is 0 Å². The van der Waals surface area contributed by atoms with Crippen LogP contribution < -0.4 is 5.73 Å². The fraction of sp³-hybridized carbons (Fsp3) is 0.417. The maximum absolute atomic E-state index is 5.83. The van der Waals surface area contributed by atoms with Crippen LogP contribution in [0.25, 0.3) is 11.5 Å². The second kappa shape index (κ2) is 4.63. The third-order valence-electron chi connectivity index (χ3n) is 2.53. The molecule has 0 bridgehead atoms. The van der Waals surface area contributed by atoms with E-state index in [2.05, 4.69) is 15.1 Å². The van der Waals surface area contributed by atoms with Gasteiger partial charge in [-0.15, -0.1) is 0 Å². The Balaban J connectivity index is 2.36. The zero-order valence-corrected chi connectivity index (χ0v) is 10.3. The molecule has 0 saturated carbocycles. The van der Waals surface area contributed by atoms with Crippen LogP contribution in [-0.2, 0) is 0 Å². The molecule has 5 heteroatoms. The Labute approximate surface area is 100 Å². The summed E-state index contributed by atoms with van der Waals surface area (Å²) in [5.41, 5.74) is 8.61. The minimum absolute atomic E-state index is 0.206. The Morgan fingerprint density at radius 2 is 2.06 bits per heavy atom. The van der Waals surface area contributed by atoms with E-state index in [4.69, 9.17) is 10.3 Å². The van der Waals surface area contributed by atoms with Gasteiger partial charge in [-0.3, -0.25) is 0 Å². The summed E-state index contributed by atoms with van der Waals surface area (Å²) in [6, 6.07) is 3.73. The fourth-order valence-corrected chi connectivity index (χ4v) is 1.62. The van der Waals surface area contributed by atoms with Crippen LogP contribution in [0, 0.1) is 13.8 Å². The van der Waals surface area contributed by atoms with Crippen molar-refractivity contribution in [1.82, 2.24) is 15.1 Å². The number of rotatable bonds is 3. The van der Waals surface area contributed by atoms with Gasteiger partial charge >= 0.3 is 0 Å². The molecule has 0 amide bonds. The second-order valence-electron chi connectivity index (χ2n) is 4.14. The molecule has 2 aromatic rings. The van der Waals surface area contributed by atoms with E-state index in [1.54, 1.807) is 0 Å². The molecule has 90 valence electrons. The van der Waals surface area contributed by atoms with Gasteiger partial charge in [0.25, 0.3) is 0 Å². The summed E-state index contributed by atoms with van der Waals surface area (Å²) in [6.07, 6.45) is 0.766. The van der Waals surface area contributed by atoms with Gasteiger partial charge in [-0.2, -0.15) is 4.98 Å². The monoisotopic (exact) mass is 232 g/mol. The van der Waals surface area contributed by atoms with E-state index in [9.17, 15) is 0 Å². The number of hydrogen-bond acceptors (Lipinski definition) is 5. The van der Waals surface area contributed by atoms with E-state index < -0.39 is 0 Å². The molecular weight excluding hydrogens is 216 g/mol. The zero-order valence-electron chi connectivity index (χ0n) is 10.3. The lowest BCUT2D eigenvalue weighted by Gasteiger charge is -2.00. The zero-order chi connectivity index (χ0) is 12.4. The smallest absolute Gasteiger partial charge is 0.243 e. The Morgan fingerprint density at radius 3 is 2.71 bits per heavy atom. The van der Waals surface area contributed by atoms with Crippen LogP contribution in [0.1, 0.15) is 36.5 Å². The predicted molar refractivity (Wildman–Crippen MR) is 64.2 cm³/mol. The first-order chi connectivity index (χ1) is 8.10. The van der Waals surface area contributed by atoms with Gasteiger partial charge in [-0.1, -0.05) is 12.1 Å². The van der Waals surface area contributed by atoms with Crippen LogP contribution in [0.3, 0.4) is 0 Å². The topological polar surface area (TPSA) is 77.8 Å². The summed E-state index contributed by atoms with van der Waals surface area (Å²) >= 11 is 0. The van der Waals surface area contributed by atoms with Crippen molar-refractivity contribution in [3.8, 4) is 11.5 Å². The molecule has 0 radical (unpaired) electrons. The molecule has 0 aromatic carbocycles. The largest absolute Gasteiger partial charge is 0.337 e. The molecule has 1 atom stereocenters. The first kappa shape index (κ1) is 11.7. The summed E-state index contributed by atoms with van der Waals surface area (Å²) in [7, 11) is 0. The molecule has 0 saturated heterocycles. The van der Waals surface area contributed by atoms with Crippen molar-refractivity contribution in [1.29, 1.82) is 0 Å². The molecule has 5 nitrogen and oxygen atoms in total. The van der Waals surface area contributed by atoms with Crippen molar-refractivity contribution < 1.29 is 4.52 Å². The molecule has 2 N–H and O–H groups in total. The first-order valence-electron chi connectivity index (χ1n) is 5.65. The van der Waals surface area contributed by atoms with Crippen molar-refractivity contribution >= 4 is 0 Å². The van der Waals surface area contributed by atoms with E-state index in [-0.39, 0.29) is 6.04 Å². The van der Waals surface area contributed by atoms with Gasteiger partial charge in [0.2, 0.25) is 11.7 Å². The number of aryl methyl sites for hydroxylation is 2. The summed E-state index contributed by atoms with van der Waals surface area (Å²) in [6.45, 7) is 5.93. The quantitative estimate of drug-likeness (QED) is 0.877. The lowest BCUT2D eigenvalue weighted by Crippen LogP contribution is -2.08. The molecule has 2 rings (SSSR count). The molecule has 0 aliphatic carbocycles. The molecule has 0 fully saturated rings. The normalized spacial score (nSPS) is 12.7. The number of nitrogens with two attached hydrogens (primary N) is 1. The van der Waals surface area contributed by atoms with Crippen molar-refractivity contribution in [2.75, 3.05) is 0 Å². The first-order valence-corrected chi connectivity index (χ1v) is 5.65. The summed E-state index contributed by atoms with van der Waals surface area (Å²) < 4.78 is 5.13. The fourth-order valence-electron chi connectivity index (χ4n) is 1.62. The number of nitrogens with zero attached hydrogens (tertiary/aromatic N) is 3. The van der Waals surface area contributed by atoms with Crippen molar-refractivity contribution in [2.45, 2.75) is 33.2 Å². The van der Waals surface area contributed by atoms with Gasteiger partial charge in [-0.25, -0.2) is 4.98 Å². The van der Waals surface area contributed by atoms with Crippen molar-refractivity contribution in [3.63, 3.8) is 0 Å². The molecule has 0 aliphatic rings. The predicted octanol–water partition coefficient (Wildman–Crippen LogP) is 2.16. The summed E-state index contributed by atoms with van der Waals surface area (Å²) in [4.78, 5) is 8.65. The van der Waals surface area contributed by atoms with E-state index in [1.165, 1.54) is 0 Å². The van der Waals surface area contributed by atoms with Crippen LogP contribution in [-0.4, -0.2) is 15.1 Å². The molecule has 1 unspecified atom stereocenters. The average molecular weight is 232 g/mol. The van der Waals surface area contributed by atoms with Gasteiger partial charge in [0, 0.05) is 5.69 Å². The highest BCUT2D eigenvalue weighted by Crippen LogP contribution is 2.18. The van der Waals surface area contributed by atoms with Gasteiger partial charge < -0.3 is 10.3 Å². The van der Waals surface area contributed by atoms with Crippen molar-refractivity contribution in [3.05, 3.63) is 29.3 Å². The second-order valence-corrected chi connectivity index (χ2v) is 4.14. The van der Waals surface area contributed by atoms with Gasteiger partial charge in [0.15, 0.2) is 0 Å². The van der Waals surface area contributed by atoms with Crippen LogP contribution in [0.15, 0.2) is 16.7 Å². The SMILES string of the molecule is CCC(N)c1nc(-c2cc(C)cc(C)n2)no1. The highest BCUT2D eigenvalue weighted by Gasteiger charge is 2.14. The van der Waals surface area contributed by atoms with Crippen LogP contribution in [0.2, 0.25) is 0 Å². The molecule has 2 aromatic heterocycles. The Kier molecular flexibility index (Phi) is 3.19. The maximum atomic E-state index is 5.83. The highest BCUT2D eigenvalue weighted by molar-refractivity contribution is 5.50. The summed E-state index contributed by atoms with van der Waals surface area (Å²) in [5.74, 6) is 0.958. The van der Waals surface area contributed by atoms with Gasteiger partial charge in [0.05, 0.1) is 6.04 Å². The minimum atomic E-state index is -0.206. The van der Waals surface area contributed by atoms with E-state index in [0.717, 1.165) is 23.4 Å². The lowest BCUT2D eigenvalue weighted by atomic mass is 10.2. The van der Waals surface area contributed by atoms with E-state index in [1.807, 2.05) is 32.9 Å². The van der Waals surface area contributed by atoms with Crippen molar-refractivity contribution in [2.24, 2.45) is 5.73 Å². The Hall–Kier alpha value is -1.75. The molecule has 2 heterocycles. The van der Waals surface area contributed by atoms with E-state index in [0.29, 0.717) is 11.7 Å². The number of pyridine rings is 1. The Bertz CT molecular complexity index is 501. The Morgan fingerprint density at radius 1 is 1.29 bits per heavy atom. The molecule has 0 aliphatic heterocycles. The number of hydrogen-bond donors (Lipinski definition) is 1. The van der Waals surface area contributed by atoms with Gasteiger partial charge in [-0.05, 0) is 38.0 Å². The molecule has 0 spiro atoms. The molecule has 17 heavy (non-hydrogen) atoms.